The lowest BCUT2D eigenvalue weighted by atomic mass is 9.95. The Morgan fingerprint density at radius 2 is 1.50 bits per heavy atom. The SMILES string of the molecule is Nc1[nH]c(=O)c(C(=O)O)c(-c2c(Br)cccc2Br)c1C(=O)O. The van der Waals surface area contributed by atoms with Crippen LogP contribution in [-0.2, 0) is 0 Å². The number of carboxylic acid groups (broad SMARTS) is 2. The summed E-state index contributed by atoms with van der Waals surface area (Å²) in [5.74, 6) is -3.42. The van der Waals surface area contributed by atoms with Crippen LogP contribution in [0.4, 0.5) is 5.82 Å². The van der Waals surface area contributed by atoms with Gasteiger partial charge in [-0.05, 0) is 12.1 Å². The average Bonchev–Trinajstić information content (AvgIpc) is 2.36. The molecule has 2 aromatic rings. The molecule has 0 aliphatic carbocycles. The number of nitrogen functional groups attached to an aromatic ring is 1. The number of nitrogens with two attached hydrogens (primary N) is 1. The van der Waals surface area contributed by atoms with Crippen LogP contribution >= 0.6 is 31.9 Å². The summed E-state index contributed by atoms with van der Waals surface area (Å²) >= 11 is 6.46. The summed E-state index contributed by atoms with van der Waals surface area (Å²) in [6, 6.07) is 4.85. The lowest BCUT2D eigenvalue weighted by Gasteiger charge is -2.14. The van der Waals surface area contributed by atoms with Crippen LogP contribution in [0.2, 0.25) is 0 Å². The molecule has 9 heteroatoms. The number of benzene rings is 1. The van der Waals surface area contributed by atoms with Gasteiger partial charge in [0.05, 0.1) is 0 Å². The zero-order valence-corrected chi connectivity index (χ0v) is 13.9. The third kappa shape index (κ3) is 2.64. The van der Waals surface area contributed by atoms with Crippen molar-refractivity contribution in [2.45, 2.75) is 0 Å². The molecule has 0 radical (unpaired) electrons. The first-order chi connectivity index (χ1) is 10.3. The Hall–Kier alpha value is -2.13. The van der Waals surface area contributed by atoms with E-state index in [4.69, 9.17) is 5.73 Å². The number of H-pyrrole nitrogens is 1. The number of aromatic carboxylic acids is 2. The van der Waals surface area contributed by atoms with Crippen LogP contribution in [-0.4, -0.2) is 27.1 Å². The Kier molecular flexibility index (Phi) is 4.38. The number of carboxylic acids is 2. The van der Waals surface area contributed by atoms with E-state index in [9.17, 15) is 24.6 Å². The van der Waals surface area contributed by atoms with E-state index < -0.39 is 34.4 Å². The predicted molar refractivity (Wildman–Crippen MR) is 86.2 cm³/mol. The van der Waals surface area contributed by atoms with Crippen LogP contribution < -0.4 is 11.3 Å². The van der Waals surface area contributed by atoms with Crippen molar-refractivity contribution in [2.24, 2.45) is 0 Å². The van der Waals surface area contributed by atoms with Crippen LogP contribution in [0.3, 0.4) is 0 Å². The molecule has 0 aliphatic heterocycles. The minimum atomic E-state index is -1.55. The van der Waals surface area contributed by atoms with Gasteiger partial charge in [-0.1, -0.05) is 37.9 Å². The molecule has 1 aromatic carbocycles. The molecule has 0 aliphatic rings. The highest BCUT2D eigenvalue weighted by Gasteiger charge is 2.28. The van der Waals surface area contributed by atoms with Crippen LogP contribution in [0, 0.1) is 0 Å². The highest BCUT2D eigenvalue weighted by Crippen LogP contribution is 2.39. The summed E-state index contributed by atoms with van der Waals surface area (Å²) in [6.07, 6.45) is 0. The van der Waals surface area contributed by atoms with Crippen LogP contribution in [0.5, 0.6) is 0 Å². The second-order valence-corrected chi connectivity index (χ2v) is 5.91. The van der Waals surface area contributed by atoms with Gasteiger partial charge in [-0.3, -0.25) is 4.79 Å². The Labute approximate surface area is 140 Å². The van der Waals surface area contributed by atoms with Crippen molar-refractivity contribution in [3.05, 3.63) is 48.6 Å². The summed E-state index contributed by atoms with van der Waals surface area (Å²) in [7, 11) is 0. The number of rotatable bonds is 3. The largest absolute Gasteiger partial charge is 0.478 e. The van der Waals surface area contributed by atoms with Crippen molar-refractivity contribution in [3.8, 4) is 11.1 Å². The Morgan fingerprint density at radius 3 is 1.95 bits per heavy atom. The topological polar surface area (TPSA) is 133 Å². The fourth-order valence-electron chi connectivity index (χ4n) is 2.03. The van der Waals surface area contributed by atoms with E-state index in [0.29, 0.717) is 8.95 Å². The summed E-state index contributed by atoms with van der Waals surface area (Å²) in [5.41, 5.74) is 3.37. The van der Waals surface area contributed by atoms with E-state index in [2.05, 4.69) is 31.9 Å². The number of nitrogens with one attached hydrogen (secondary N) is 1. The third-order valence-electron chi connectivity index (χ3n) is 2.89. The minimum absolute atomic E-state index is 0.218. The summed E-state index contributed by atoms with van der Waals surface area (Å²) < 4.78 is 0.828. The minimum Gasteiger partial charge on any atom is -0.478 e. The molecule has 0 spiro atoms. The highest BCUT2D eigenvalue weighted by atomic mass is 79.9. The van der Waals surface area contributed by atoms with Crippen LogP contribution in [0.25, 0.3) is 11.1 Å². The molecule has 1 heterocycles. The zero-order valence-electron chi connectivity index (χ0n) is 10.7. The summed E-state index contributed by atoms with van der Waals surface area (Å²) in [4.78, 5) is 36.9. The molecule has 114 valence electrons. The molecule has 0 atom stereocenters. The zero-order chi connectivity index (χ0) is 16.6. The first-order valence-electron chi connectivity index (χ1n) is 5.72. The monoisotopic (exact) mass is 430 g/mol. The van der Waals surface area contributed by atoms with Crippen molar-refractivity contribution >= 4 is 49.6 Å². The Bertz CT molecular complexity index is 840. The number of anilines is 1. The van der Waals surface area contributed by atoms with Gasteiger partial charge in [0.15, 0.2) is 0 Å². The molecule has 0 saturated heterocycles. The van der Waals surface area contributed by atoms with Gasteiger partial charge in [-0.25, -0.2) is 9.59 Å². The summed E-state index contributed by atoms with van der Waals surface area (Å²) in [6.45, 7) is 0. The molecule has 7 nitrogen and oxygen atoms in total. The lowest BCUT2D eigenvalue weighted by molar-refractivity contribution is 0.0695. The van der Waals surface area contributed by atoms with E-state index in [0.717, 1.165) is 0 Å². The van der Waals surface area contributed by atoms with E-state index in [1.54, 1.807) is 18.2 Å². The predicted octanol–water partition coefficient (Wildman–Crippen LogP) is 2.55. The van der Waals surface area contributed by atoms with Gasteiger partial charge in [-0.2, -0.15) is 0 Å². The maximum Gasteiger partial charge on any atom is 0.342 e. The van der Waals surface area contributed by atoms with Crippen molar-refractivity contribution in [1.82, 2.24) is 4.98 Å². The quantitative estimate of drug-likeness (QED) is 0.590. The van der Waals surface area contributed by atoms with Gasteiger partial charge in [0.1, 0.15) is 16.9 Å². The van der Waals surface area contributed by atoms with Crippen molar-refractivity contribution in [2.75, 3.05) is 5.73 Å². The third-order valence-corrected chi connectivity index (χ3v) is 4.21. The molecule has 0 fully saturated rings. The smallest absolute Gasteiger partial charge is 0.342 e. The van der Waals surface area contributed by atoms with E-state index in [1.165, 1.54) is 0 Å². The lowest BCUT2D eigenvalue weighted by Crippen LogP contribution is -2.24. The molecule has 0 saturated carbocycles. The average molecular weight is 432 g/mol. The number of hydrogen-bond acceptors (Lipinski definition) is 4. The van der Waals surface area contributed by atoms with E-state index >= 15 is 0 Å². The number of hydrogen-bond donors (Lipinski definition) is 4. The second kappa shape index (κ2) is 5.93. The first-order valence-corrected chi connectivity index (χ1v) is 7.31. The molecule has 5 N–H and O–H groups in total. The Balaban J connectivity index is 3.10. The van der Waals surface area contributed by atoms with Gasteiger partial charge in [0.2, 0.25) is 0 Å². The van der Waals surface area contributed by atoms with Crippen LogP contribution in [0.15, 0.2) is 31.9 Å². The molecular formula is C13H8Br2N2O5. The molecule has 0 bridgehead atoms. The number of halogens is 2. The van der Waals surface area contributed by atoms with E-state index in [1.807, 2.05) is 4.98 Å². The molecule has 22 heavy (non-hydrogen) atoms. The highest BCUT2D eigenvalue weighted by molar-refractivity contribution is 9.11. The van der Waals surface area contributed by atoms with Gasteiger partial charge in [-0.15, -0.1) is 0 Å². The molecular weight excluding hydrogens is 424 g/mol. The number of aromatic nitrogens is 1. The molecule has 1 aromatic heterocycles. The second-order valence-electron chi connectivity index (χ2n) is 4.20. The molecule has 2 rings (SSSR count). The Morgan fingerprint density at radius 1 is 1.00 bits per heavy atom. The normalized spacial score (nSPS) is 10.5. The van der Waals surface area contributed by atoms with Gasteiger partial charge < -0.3 is 20.9 Å². The van der Waals surface area contributed by atoms with Crippen molar-refractivity contribution in [1.29, 1.82) is 0 Å². The molecule has 0 unspecified atom stereocenters. The standard InChI is InChI=1S/C13H8Br2N2O5/c14-4-2-1-3-5(15)6(4)7-8(12(19)20)10(16)17-11(18)9(7)13(21)22/h1-3H,(H,19,20)(H,21,22)(H3,16,17,18). The number of carbonyl (C=O) groups is 2. The number of aromatic amines is 1. The van der Waals surface area contributed by atoms with Gasteiger partial charge in [0, 0.05) is 20.1 Å². The fraction of sp³-hybridized carbons (Fsp3) is 0. The van der Waals surface area contributed by atoms with Crippen molar-refractivity contribution < 1.29 is 19.8 Å². The van der Waals surface area contributed by atoms with E-state index in [-0.39, 0.29) is 11.1 Å². The molecule has 0 amide bonds. The fourth-order valence-corrected chi connectivity index (χ4v) is 3.43. The van der Waals surface area contributed by atoms with Gasteiger partial charge >= 0.3 is 11.9 Å². The summed E-state index contributed by atoms with van der Waals surface area (Å²) in [5, 5.41) is 18.7. The van der Waals surface area contributed by atoms with Crippen molar-refractivity contribution in [3.63, 3.8) is 0 Å². The van der Waals surface area contributed by atoms with Gasteiger partial charge in [0.25, 0.3) is 5.56 Å². The first kappa shape index (κ1) is 16.2. The number of pyridine rings is 1. The maximum atomic E-state index is 11.9. The maximum absolute atomic E-state index is 11.9. The van der Waals surface area contributed by atoms with Crippen LogP contribution in [0.1, 0.15) is 20.7 Å².